The number of esters is 1. The highest BCUT2D eigenvalue weighted by Crippen LogP contribution is 2.40. The number of amides is 1. The van der Waals surface area contributed by atoms with Crippen LogP contribution in [0.3, 0.4) is 0 Å². The summed E-state index contributed by atoms with van der Waals surface area (Å²) in [7, 11) is 3.05. The molecule has 164 valence electrons. The van der Waals surface area contributed by atoms with E-state index in [4.69, 9.17) is 9.47 Å². The van der Waals surface area contributed by atoms with Crippen molar-refractivity contribution in [1.82, 2.24) is 9.80 Å². The molecule has 0 aromatic heterocycles. The first kappa shape index (κ1) is 21.4. The SMILES string of the molecule is COC(=O)c1ccc(C(=O)N2CC[C@]3(CCCN(Cc4cccc(OC)c4)C3)C2)cc1. The van der Waals surface area contributed by atoms with Gasteiger partial charge in [0.2, 0.25) is 0 Å². The van der Waals surface area contributed by atoms with Crippen molar-refractivity contribution < 1.29 is 19.1 Å². The highest BCUT2D eigenvalue weighted by Gasteiger charge is 2.42. The quantitative estimate of drug-likeness (QED) is 0.689. The summed E-state index contributed by atoms with van der Waals surface area (Å²) in [5.74, 6) is 0.538. The average Bonchev–Trinajstić information content (AvgIpc) is 3.21. The van der Waals surface area contributed by atoms with Crippen LogP contribution in [0.15, 0.2) is 48.5 Å². The van der Waals surface area contributed by atoms with Crippen molar-refractivity contribution in [2.45, 2.75) is 25.8 Å². The second-order valence-corrected chi connectivity index (χ2v) is 8.71. The minimum absolute atomic E-state index is 0.0400. The Morgan fingerprint density at radius 3 is 2.48 bits per heavy atom. The van der Waals surface area contributed by atoms with Gasteiger partial charge in [0.15, 0.2) is 0 Å². The van der Waals surface area contributed by atoms with E-state index in [-0.39, 0.29) is 11.3 Å². The highest BCUT2D eigenvalue weighted by molar-refractivity contribution is 5.96. The molecule has 0 N–H and O–H groups in total. The van der Waals surface area contributed by atoms with Crippen molar-refractivity contribution in [1.29, 1.82) is 0 Å². The fraction of sp³-hybridized carbons (Fsp3) is 0.440. The van der Waals surface area contributed by atoms with Crippen LogP contribution in [-0.2, 0) is 11.3 Å². The molecule has 1 amide bonds. The van der Waals surface area contributed by atoms with Crippen molar-refractivity contribution in [3.63, 3.8) is 0 Å². The maximum Gasteiger partial charge on any atom is 0.337 e. The molecular weight excluding hydrogens is 392 g/mol. The molecule has 2 fully saturated rings. The van der Waals surface area contributed by atoms with Crippen LogP contribution in [0.1, 0.15) is 45.5 Å². The van der Waals surface area contributed by atoms with E-state index in [2.05, 4.69) is 17.0 Å². The summed E-state index contributed by atoms with van der Waals surface area (Å²) >= 11 is 0. The van der Waals surface area contributed by atoms with Gasteiger partial charge in [-0.05, 0) is 67.8 Å². The Hall–Kier alpha value is -2.86. The predicted octanol–water partition coefficient (Wildman–Crippen LogP) is 3.61. The van der Waals surface area contributed by atoms with Crippen molar-refractivity contribution >= 4 is 11.9 Å². The third kappa shape index (κ3) is 4.74. The monoisotopic (exact) mass is 422 g/mol. The van der Waals surface area contributed by atoms with Crippen LogP contribution < -0.4 is 4.74 Å². The van der Waals surface area contributed by atoms with Gasteiger partial charge >= 0.3 is 5.97 Å². The molecule has 1 spiro atoms. The summed E-state index contributed by atoms with van der Waals surface area (Å²) in [6.07, 6.45) is 3.35. The van der Waals surface area contributed by atoms with Gasteiger partial charge in [0.25, 0.3) is 5.91 Å². The zero-order valence-corrected chi connectivity index (χ0v) is 18.3. The second kappa shape index (κ2) is 9.10. The van der Waals surface area contributed by atoms with Gasteiger partial charge < -0.3 is 14.4 Å². The van der Waals surface area contributed by atoms with Crippen LogP contribution in [0, 0.1) is 5.41 Å². The second-order valence-electron chi connectivity index (χ2n) is 8.71. The molecule has 0 unspecified atom stereocenters. The maximum atomic E-state index is 13.0. The molecule has 0 bridgehead atoms. The minimum Gasteiger partial charge on any atom is -0.497 e. The number of rotatable bonds is 5. The lowest BCUT2D eigenvalue weighted by atomic mass is 9.79. The summed E-state index contributed by atoms with van der Waals surface area (Å²) in [6.45, 7) is 4.57. The van der Waals surface area contributed by atoms with Gasteiger partial charge in [0.1, 0.15) is 5.75 Å². The van der Waals surface area contributed by atoms with Crippen LogP contribution in [-0.4, -0.2) is 62.1 Å². The fourth-order valence-electron chi connectivity index (χ4n) is 4.96. The standard InChI is InChI=1S/C25H30N2O4/c1-30-22-6-3-5-19(15-22)16-26-13-4-11-25(17-26)12-14-27(18-25)23(28)20-7-9-21(10-8-20)24(29)31-2/h3,5-10,15H,4,11-14,16-18H2,1-2H3/t25-/m0/s1. The third-order valence-electron chi connectivity index (χ3n) is 6.56. The Balaban J connectivity index is 1.39. The molecule has 6 heteroatoms. The van der Waals surface area contributed by atoms with E-state index in [9.17, 15) is 9.59 Å². The normalized spacial score (nSPS) is 21.3. The first-order chi connectivity index (χ1) is 15.0. The Kier molecular flexibility index (Phi) is 6.28. The molecule has 2 aromatic rings. The molecule has 0 saturated carbocycles. The van der Waals surface area contributed by atoms with Crippen LogP contribution in [0.4, 0.5) is 0 Å². The fourth-order valence-corrected chi connectivity index (χ4v) is 4.96. The number of benzene rings is 2. The summed E-state index contributed by atoms with van der Waals surface area (Å²) in [4.78, 5) is 29.2. The molecule has 0 radical (unpaired) electrons. The Morgan fingerprint density at radius 1 is 0.968 bits per heavy atom. The lowest BCUT2D eigenvalue weighted by molar-refractivity contribution is 0.0599. The van der Waals surface area contributed by atoms with E-state index in [1.807, 2.05) is 17.0 Å². The van der Waals surface area contributed by atoms with E-state index in [1.165, 1.54) is 12.7 Å². The summed E-state index contributed by atoms with van der Waals surface area (Å²) < 4.78 is 10.1. The number of hydrogen-bond donors (Lipinski definition) is 0. The van der Waals surface area contributed by atoms with Gasteiger partial charge in [0, 0.05) is 37.2 Å². The molecule has 2 saturated heterocycles. The smallest absolute Gasteiger partial charge is 0.337 e. The Morgan fingerprint density at radius 2 is 1.74 bits per heavy atom. The predicted molar refractivity (Wildman–Crippen MR) is 118 cm³/mol. The number of methoxy groups -OCH3 is 2. The van der Waals surface area contributed by atoms with Crippen LogP contribution in [0.5, 0.6) is 5.75 Å². The van der Waals surface area contributed by atoms with Gasteiger partial charge in [-0.1, -0.05) is 12.1 Å². The lowest BCUT2D eigenvalue weighted by Gasteiger charge is -2.40. The molecule has 0 aliphatic carbocycles. The van der Waals surface area contributed by atoms with Crippen LogP contribution >= 0.6 is 0 Å². The Bertz CT molecular complexity index is 943. The van der Waals surface area contributed by atoms with Crippen molar-refractivity contribution in [2.24, 2.45) is 5.41 Å². The maximum absolute atomic E-state index is 13.0. The van der Waals surface area contributed by atoms with Gasteiger partial charge in [-0.2, -0.15) is 0 Å². The third-order valence-corrected chi connectivity index (χ3v) is 6.56. The van der Waals surface area contributed by atoms with Crippen LogP contribution in [0.25, 0.3) is 0 Å². The summed E-state index contributed by atoms with van der Waals surface area (Å²) in [5, 5.41) is 0. The highest BCUT2D eigenvalue weighted by atomic mass is 16.5. The number of piperidine rings is 1. The first-order valence-electron chi connectivity index (χ1n) is 10.8. The molecule has 2 aliphatic heterocycles. The van der Waals surface area contributed by atoms with Crippen molar-refractivity contribution in [3.05, 3.63) is 65.2 Å². The molecule has 2 aliphatic rings. The number of nitrogens with zero attached hydrogens (tertiary/aromatic N) is 2. The van der Waals surface area contributed by atoms with E-state index in [1.54, 1.807) is 31.4 Å². The van der Waals surface area contributed by atoms with Crippen molar-refractivity contribution in [2.75, 3.05) is 40.4 Å². The largest absolute Gasteiger partial charge is 0.497 e. The molecule has 31 heavy (non-hydrogen) atoms. The molecule has 4 rings (SSSR count). The number of ether oxygens (including phenoxy) is 2. The first-order valence-corrected chi connectivity index (χ1v) is 10.8. The van der Waals surface area contributed by atoms with Gasteiger partial charge in [-0.3, -0.25) is 9.69 Å². The van der Waals surface area contributed by atoms with Crippen molar-refractivity contribution in [3.8, 4) is 5.75 Å². The Labute approximate surface area is 183 Å². The molecular formula is C25H30N2O4. The number of likely N-dealkylation sites (tertiary alicyclic amines) is 2. The molecule has 2 aromatic carbocycles. The summed E-state index contributed by atoms with van der Waals surface area (Å²) in [5.41, 5.74) is 2.50. The number of hydrogen-bond acceptors (Lipinski definition) is 5. The molecule has 2 heterocycles. The summed E-state index contributed by atoms with van der Waals surface area (Å²) in [6, 6.07) is 15.0. The minimum atomic E-state index is -0.391. The van der Waals surface area contributed by atoms with Gasteiger partial charge in [0.05, 0.1) is 19.8 Å². The zero-order chi connectivity index (χ0) is 21.8. The van der Waals surface area contributed by atoms with E-state index >= 15 is 0 Å². The number of carbonyl (C=O) groups is 2. The van der Waals surface area contributed by atoms with E-state index < -0.39 is 5.97 Å². The molecule has 1 atom stereocenters. The van der Waals surface area contributed by atoms with Gasteiger partial charge in [-0.15, -0.1) is 0 Å². The van der Waals surface area contributed by atoms with Crippen LogP contribution in [0.2, 0.25) is 0 Å². The lowest BCUT2D eigenvalue weighted by Crippen LogP contribution is -2.45. The zero-order valence-electron chi connectivity index (χ0n) is 18.3. The topological polar surface area (TPSA) is 59.1 Å². The average molecular weight is 423 g/mol. The van der Waals surface area contributed by atoms with E-state index in [0.717, 1.165) is 57.7 Å². The van der Waals surface area contributed by atoms with E-state index in [0.29, 0.717) is 11.1 Å². The van der Waals surface area contributed by atoms with Gasteiger partial charge in [-0.25, -0.2) is 4.79 Å². The number of carbonyl (C=O) groups excluding carboxylic acids is 2. The molecule has 6 nitrogen and oxygen atoms in total.